The van der Waals surface area contributed by atoms with Crippen molar-refractivity contribution in [1.29, 1.82) is 0 Å². The topological polar surface area (TPSA) is 66.9 Å². The van der Waals surface area contributed by atoms with Crippen LogP contribution in [0.4, 0.5) is 0 Å². The third kappa shape index (κ3) is 4.91. The average Bonchev–Trinajstić information content (AvgIpc) is 2.95. The standard InChI is InChI=1S/C22H30N2O4/c1-28-19-10-5-4-9-18(19)22(27)17-8-7-14-24(16-17)21(26)12-15-23-13-6-2-3-11-20(23)25/h4-5,9-10,17H,2-3,6-8,11-16H2,1H3/t17-/m1/s1. The summed E-state index contributed by atoms with van der Waals surface area (Å²) in [6.45, 7) is 2.37. The molecule has 0 bridgehead atoms. The van der Waals surface area contributed by atoms with Crippen molar-refractivity contribution in [2.75, 3.05) is 33.3 Å². The zero-order chi connectivity index (χ0) is 19.9. The van der Waals surface area contributed by atoms with Crippen LogP contribution < -0.4 is 4.74 Å². The van der Waals surface area contributed by atoms with Crippen LogP contribution in [0.5, 0.6) is 5.75 Å². The fraction of sp³-hybridized carbons (Fsp3) is 0.591. The van der Waals surface area contributed by atoms with E-state index in [0.717, 1.165) is 38.6 Å². The number of Topliss-reactive ketones (excluding diaryl/α,β-unsaturated/α-hetero) is 1. The molecule has 1 atom stereocenters. The summed E-state index contributed by atoms with van der Waals surface area (Å²) in [5.74, 6) is 0.616. The van der Waals surface area contributed by atoms with Crippen LogP contribution in [-0.2, 0) is 9.59 Å². The number of likely N-dealkylation sites (tertiary alicyclic amines) is 2. The molecule has 0 unspecified atom stereocenters. The van der Waals surface area contributed by atoms with Crippen molar-refractivity contribution >= 4 is 17.6 Å². The van der Waals surface area contributed by atoms with Crippen molar-refractivity contribution in [3.05, 3.63) is 29.8 Å². The molecule has 0 radical (unpaired) electrons. The number of hydrogen-bond donors (Lipinski definition) is 0. The van der Waals surface area contributed by atoms with Crippen LogP contribution in [0.15, 0.2) is 24.3 Å². The van der Waals surface area contributed by atoms with Crippen LogP contribution in [0.2, 0.25) is 0 Å². The number of carbonyl (C=O) groups excluding carboxylic acids is 3. The van der Waals surface area contributed by atoms with E-state index in [1.807, 2.05) is 17.0 Å². The largest absolute Gasteiger partial charge is 0.496 e. The molecule has 1 aromatic rings. The monoisotopic (exact) mass is 386 g/mol. The lowest BCUT2D eigenvalue weighted by Gasteiger charge is -2.33. The summed E-state index contributed by atoms with van der Waals surface area (Å²) in [7, 11) is 1.56. The Bertz CT molecular complexity index is 718. The smallest absolute Gasteiger partial charge is 0.224 e. The lowest BCUT2D eigenvalue weighted by Crippen LogP contribution is -2.43. The van der Waals surface area contributed by atoms with Crippen molar-refractivity contribution < 1.29 is 19.1 Å². The van der Waals surface area contributed by atoms with Gasteiger partial charge in [0.2, 0.25) is 11.8 Å². The summed E-state index contributed by atoms with van der Waals surface area (Å²) < 4.78 is 5.32. The van der Waals surface area contributed by atoms with Crippen molar-refractivity contribution in [1.82, 2.24) is 9.80 Å². The Balaban J connectivity index is 1.57. The molecule has 0 saturated carbocycles. The van der Waals surface area contributed by atoms with E-state index in [4.69, 9.17) is 4.74 Å². The van der Waals surface area contributed by atoms with Crippen molar-refractivity contribution in [2.24, 2.45) is 5.92 Å². The fourth-order valence-corrected chi connectivity index (χ4v) is 4.15. The summed E-state index contributed by atoms with van der Waals surface area (Å²) >= 11 is 0. The summed E-state index contributed by atoms with van der Waals surface area (Å²) in [5.41, 5.74) is 0.583. The number of rotatable bonds is 6. The Kier molecular flexibility index (Phi) is 7.06. The molecule has 2 heterocycles. The first kappa shape index (κ1) is 20.4. The van der Waals surface area contributed by atoms with E-state index < -0.39 is 0 Å². The molecule has 2 aliphatic rings. The van der Waals surface area contributed by atoms with E-state index in [9.17, 15) is 14.4 Å². The highest BCUT2D eigenvalue weighted by molar-refractivity contribution is 6.00. The molecular weight excluding hydrogens is 356 g/mol. The highest BCUT2D eigenvalue weighted by Gasteiger charge is 2.30. The molecule has 152 valence electrons. The minimum absolute atomic E-state index is 0.0366. The van der Waals surface area contributed by atoms with Gasteiger partial charge in [-0.2, -0.15) is 0 Å². The average molecular weight is 386 g/mol. The van der Waals surface area contributed by atoms with Gasteiger partial charge >= 0.3 is 0 Å². The second-order valence-corrected chi connectivity index (χ2v) is 7.68. The van der Waals surface area contributed by atoms with Crippen LogP contribution >= 0.6 is 0 Å². The second kappa shape index (κ2) is 9.71. The number of para-hydroxylation sites is 1. The molecule has 0 N–H and O–H groups in total. The summed E-state index contributed by atoms with van der Waals surface area (Å²) in [4.78, 5) is 41.4. The third-order valence-electron chi connectivity index (χ3n) is 5.78. The van der Waals surface area contributed by atoms with Gasteiger partial charge in [0, 0.05) is 44.9 Å². The van der Waals surface area contributed by atoms with E-state index in [-0.39, 0.29) is 23.5 Å². The minimum atomic E-state index is -0.200. The molecule has 0 spiro atoms. The van der Waals surface area contributed by atoms with Crippen LogP contribution in [0.25, 0.3) is 0 Å². The lowest BCUT2D eigenvalue weighted by molar-refractivity contribution is -0.135. The first-order valence-electron chi connectivity index (χ1n) is 10.3. The molecule has 2 fully saturated rings. The molecule has 6 nitrogen and oxygen atoms in total. The molecule has 0 aliphatic carbocycles. The number of carbonyl (C=O) groups is 3. The summed E-state index contributed by atoms with van der Waals surface area (Å²) in [6, 6.07) is 7.25. The van der Waals surface area contributed by atoms with E-state index >= 15 is 0 Å². The lowest BCUT2D eigenvalue weighted by atomic mass is 9.89. The Morgan fingerprint density at radius 1 is 1.11 bits per heavy atom. The number of methoxy groups -OCH3 is 1. The number of amides is 2. The van der Waals surface area contributed by atoms with Crippen LogP contribution in [0.3, 0.4) is 0 Å². The first-order chi connectivity index (χ1) is 13.6. The predicted molar refractivity (Wildman–Crippen MR) is 106 cm³/mol. The zero-order valence-corrected chi connectivity index (χ0v) is 16.7. The number of ketones is 1. The third-order valence-corrected chi connectivity index (χ3v) is 5.78. The van der Waals surface area contributed by atoms with Crippen molar-refractivity contribution in [3.63, 3.8) is 0 Å². The zero-order valence-electron chi connectivity index (χ0n) is 16.7. The number of piperidine rings is 1. The molecule has 2 saturated heterocycles. The number of ether oxygens (including phenoxy) is 1. The molecule has 1 aromatic carbocycles. The molecule has 3 rings (SSSR count). The van der Waals surface area contributed by atoms with Gasteiger partial charge in [-0.15, -0.1) is 0 Å². The van der Waals surface area contributed by atoms with Gasteiger partial charge in [0.15, 0.2) is 5.78 Å². The Hall–Kier alpha value is -2.37. The van der Waals surface area contributed by atoms with Crippen LogP contribution in [-0.4, -0.2) is 60.7 Å². The molecule has 2 aliphatic heterocycles. The van der Waals surface area contributed by atoms with Gasteiger partial charge < -0.3 is 14.5 Å². The Labute approximate surface area is 166 Å². The second-order valence-electron chi connectivity index (χ2n) is 7.68. The minimum Gasteiger partial charge on any atom is -0.496 e. The highest BCUT2D eigenvalue weighted by atomic mass is 16.5. The number of hydrogen-bond acceptors (Lipinski definition) is 4. The Morgan fingerprint density at radius 2 is 1.93 bits per heavy atom. The van der Waals surface area contributed by atoms with Crippen molar-refractivity contribution in [3.8, 4) is 5.75 Å². The SMILES string of the molecule is COc1ccccc1C(=O)[C@@H]1CCCN(C(=O)CCN2CCCCCC2=O)C1. The maximum absolute atomic E-state index is 13.0. The molecule has 28 heavy (non-hydrogen) atoms. The maximum Gasteiger partial charge on any atom is 0.224 e. The van der Waals surface area contributed by atoms with Crippen LogP contribution in [0.1, 0.15) is 55.3 Å². The first-order valence-corrected chi connectivity index (χ1v) is 10.3. The summed E-state index contributed by atoms with van der Waals surface area (Å²) in [6.07, 6.45) is 5.57. The van der Waals surface area contributed by atoms with E-state index in [2.05, 4.69) is 0 Å². The van der Waals surface area contributed by atoms with Gasteiger partial charge in [0.25, 0.3) is 0 Å². The van der Waals surface area contributed by atoms with Gasteiger partial charge in [-0.3, -0.25) is 14.4 Å². The predicted octanol–water partition coefficient (Wildman–Crippen LogP) is 2.91. The van der Waals surface area contributed by atoms with Crippen molar-refractivity contribution in [2.45, 2.75) is 44.9 Å². The fourth-order valence-electron chi connectivity index (χ4n) is 4.15. The van der Waals surface area contributed by atoms with Gasteiger partial charge in [0.1, 0.15) is 5.75 Å². The Morgan fingerprint density at radius 3 is 2.75 bits per heavy atom. The highest BCUT2D eigenvalue weighted by Crippen LogP contribution is 2.26. The van der Waals surface area contributed by atoms with E-state index in [1.54, 1.807) is 24.1 Å². The molecular formula is C22H30N2O4. The van der Waals surface area contributed by atoms with E-state index in [1.165, 1.54) is 0 Å². The number of nitrogens with zero attached hydrogens (tertiary/aromatic N) is 2. The summed E-state index contributed by atoms with van der Waals surface area (Å²) in [5, 5.41) is 0. The van der Waals surface area contributed by atoms with Gasteiger partial charge in [0.05, 0.1) is 12.7 Å². The maximum atomic E-state index is 13.0. The number of benzene rings is 1. The molecule has 0 aromatic heterocycles. The quantitative estimate of drug-likeness (QED) is 0.705. The van der Waals surface area contributed by atoms with E-state index in [0.29, 0.717) is 43.8 Å². The molecule has 2 amide bonds. The normalized spacial score (nSPS) is 20.6. The van der Waals surface area contributed by atoms with Gasteiger partial charge in [-0.05, 0) is 37.8 Å². The van der Waals surface area contributed by atoms with Gasteiger partial charge in [-0.1, -0.05) is 18.6 Å². The van der Waals surface area contributed by atoms with Gasteiger partial charge in [-0.25, -0.2) is 0 Å². The molecule has 6 heteroatoms. The van der Waals surface area contributed by atoms with Crippen LogP contribution in [0, 0.1) is 5.92 Å².